The van der Waals surface area contributed by atoms with Crippen LogP contribution in [0.15, 0.2) is 18.2 Å². The minimum atomic E-state index is 0.0667. The number of hydrogen-bond acceptors (Lipinski definition) is 2. The highest BCUT2D eigenvalue weighted by Crippen LogP contribution is 2.44. The maximum Gasteiger partial charge on any atom is 0.0957 e. The highest BCUT2D eigenvalue weighted by atomic mass is 16.5. The molecule has 0 bridgehead atoms. The Hall–Kier alpha value is -0.860. The summed E-state index contributed by atoms with van der Waals surface area (Å²) in [6.45, 7) is 11.1. The van der Waals surface area contributed by atoms with Crippen molar-refractivity contribution in [2.75, 3.05) is 13.1 Å². The van der Waals surface area contributed by atoms with Gasteiger partial charge in [-0.25, -0.2) is 0 Å². The average molecular weight is 287 g/mol. The molecule has 2 heteroatoms. The standard InChI is InChI=1S/C19H29NO/c1-14-5-6-16(11-15(14)2)17-12-20-13-19(21-17)9-7-18(3,4)8-10-19/h5-6,11,17,20H,7-10,12-13H2,1-4H3. The van der Waals surface area contributed by atoms with Crippen LogP contribution in [0.4, 0.5) is 0 Å². The molecule has 1 unspecified atom stereocenters. The molecule has 21 heavy (non-hydrogen) atoms. The molecule has 0 aromatic heterocycles. The Bertz CT molecular complexity index is 510. The summed E-state index contributed by atoms with van der Waals surface area (Å²) in [5, 5.41) is 3.63. The molecule has 2 fully saturated rings. The van der Waals surface area contributed by atoms with Gasteiger partial charge in [0.05, 0.1) is 11.7 Å². The Morgan fingerprint density at radius 1 is 1.05 bits per heavy atom. The number of hydrogen-bond donors (Lipinski definition) is 1. The molecule has 116 valence electrons. The summed E-state index contributed by atoms with van der Waals surface area (Å²) in [4.78, 5) is 0. The van der Waals surface area contributed by atoms with Gasteiger partial charge in [0.2, 0.25) is 0 Å². The molecule has 0 radical (unpaired) electrons. The highest BCUT2D eigenvalue weighted by molar-refractivity contribution is 5.31. The first-order chi connectivity index (χ1) is 9.89. The van der Waals surface area contributed by atoms with E-state index in [9.17, 15) is 0 Å². The molecule has 2 aliphatic rings. The van der Waals surface area contributed by atoms with Crippen LogP contribution in [0.1, 0.15) is 62.3 Å². The first-order valence-corrected chi connectivity index (χ1v) is 8.35. The van der Waals surface area contributed by atoms with Crippen molar-refractivity contribution in [3.05, 3.63) is 34.9 Å². The zero-order chi connectivity index (χ0) is 15.1. The molecule has 1 spiro atoms. The molecule has 0 amide bonds. The van der Waals surface area contributed by atoms with E-state index in [1.165, 1.54) is 42.4 Å². The van der Waals surface area contributed by atoms with Crippen molar-refractivity contribution < 1.29 is 4.74 Å². The number of benzene rings is 1. The van der Waals surface area contributed by atoms with Gasteiger partial charge in [0.15, 0.2) is 0 Å². The van der Waals surface area contributed by atoms with E-state index < -0.39 is 0 Å². The van der Waals surface area contributed by atoms with E-state index in [-0.39, 0.29) is 11.7 Å². The van der Waals surface area contributed by atoms with Crippen molar-refractivity contribution in [2.45, 2.75) is 65.1 Å². The Balaban J connectivity index is 1.75. The summed E-state index contributed by atoms with van der Waals surface area (Å²) >= 11 is 0. The summed E-state index contributed by atoms with van der Waals surface area (Å²) in [6, 6.07) is 6.76. The molecule has 3 rings (SSSR count). The third kappa shape index (κ3) is 3.17. The van der Waals surface area contributed by atoms with Gasteiger partial charge in [-0.1, -0.05) is 32.0 Å². The Morgan fingerprint density at radius 2 is 1.76 bits per heavy atom. The summed E-state index contributed by atoms with van der Waals surface area (Å²) in [7, 11) is 0. The number of aryl methyl sites for hydroxylation is 2. The van der Waals surface area contributed by atoms with E-state index in [0.717, 1.165) is 13.1 Å². The van der Waals surface area contributed by atoms with Crippen LogP contribution >= 0.6 is 0 Å². The second-order valence-electron chi connectivity index (χ2n) is 7.93. The van der Waals surface area contributed by atoms with E-state index in [1.807, 2.05) is 0 Å². The van der Waals surface area contributed by atoms with Crippen molar-refractivity contribution in [3.63, 3.8) is 0 Å². The summed E-state index contributed by atoms with van der Waals surface area (Å²) in [5.74, 6) is 0. The van der Waals surface area contributed by atoms with Crippen molar-refractivity contribution in [3.8, 4) is 0 Å². The molecule has 1 N–H and O–H groups in total. The topological polar surface area (TPSA) is 21.3 Å². The van der Waals surface area contributed by atoms with Gasteiger partial charge < -0.3 is 10.1 Å². The lowest BCUT2D eigenvalue weighted by Crippen LogP contribution is -2.53. The molecule has 1 heterocycles. The molecular weight excluding hydrogens is 258 g/mol. The zero-order valence-corrected chi connectivity index (χ0v) is 14.0. The lowest BCUT2D eigenvalue weighted by Gasteiger charge is -2.48. The van der Waals surface area contributed by atoms with E-state index >= 15 is 0 Å². The largest absolute Gasteiger partial charge is 0.364 e. The van der Waals surface area contributed by atoms with Gasteiger partial charge in [0.25, 0.3) is 0 Å². The van der Waals surface area contributed by atoms with Gasteiger partial charge in [-0.3, -0.25) is 0 Å². The van der Waals surface area contributed by atoms with Crippen molar-refractivity contribution >= 4 is 0 Å². The fourth-order valence-electron chi connectivity index (χ4n) is 3.64. The first kappa shape index (κ1) is 15.1. The fourth-order valence-corrected chi connectivity index (χ4v) is 3.64. The molecule has 1 saturated carbocycles. The second-order valence-corrected chi connectivity index (χ2v) is 7.93. The van der Waals surface area contributed by atoms with Crippen molar-refractivity contribution in [2.24, 2.45) is 5.41 Å². The second kappa shape index (κ2) is 5.40. The third-order valence-electron chi connectivity index (χ3n) is 5.59. The molecule has 1 aliphatic carbocycles. The molecule has 1 aliphatic heterocycles. The van der Waals surface area contributed by atoms with Crippen molar-refractivity contribution in [1.82, 2.24) is 5.32 Å². The first-order valence-electron chi connectivity index (χ1n) is 8.35. The van der Waals surface area contributed by atoms with Crippen LogP contribution < -0.4 is 5.32 Å². The summed E-state index contributed by atoms with van der Waals surface area (Å²) < 4.78 is 6.63. The molecule has 1 aromatic rings. The highest BCUT2D eigenvalue weighted by Gasteiger charge is 2.42. The quantitative estimate of drug-likeness (QED) is 0.831. The normalized spacial score (nSPS) is 27.7. The van der Waals surface area contributed by atoms with Gasteiger partial charge in [0.1, 0.15) is 0 Å². The Labute approximate surface area is 129 Å². The lowest BCUT2D eigenvalue weighted by molar-refractivity contribution is -0.147. The molecule has 1 atom stereocenters. The van der Waals surface area contributed by atoms with Crippen LogP contribution in [-0.4, -0.2) is 18.7 Å². The van der Waals surface area contributed by atoms with Gasteiger partial charge in [0, 0.05) is 13.1 Å². The minimum Gasteiger partial charge on any atom is -0.364 e. The molecule has 1 aromatic carbocycles. The lowest BCUT2D eigenvalue weighted by atomic mass is 9.70. The van der Waals surface area contributed by atoms with Gasteiger partial charge >= 0.3 is 0 Å². The number of ether oxygens (including phenoxy) is 1. The SMILES string of the molecule is Cc1ccc(C2CNCC3(CCC(C)(C)CC3)O2)cc1C. The van der Waals surface area contributed by atoms with E-state index in [4.69, 9.17) is 4.74 Å². The fraction of sp³-hybridized carbons (Fsp3) is 0.684. The predicted molar refractivity (Wildman–Crippen MR) is 87.6 cm³/mol. The number of rotatable bonds is 1. The van der Waals surface area contributed by atoms with Gasteiger partial charge in [-0.2, -0.15) is 0 Å². The van der Waals surface area contributed by atoms with Crippen LogP contribution in [0.2, 0.25) is 0 Å². The van der Waals surface area contributed by atoms with E-state index in [1.54, 1.807) is 0 Å². The Morgan fingerprint density at radius 3 is 2.43 bits per heavy atom. The number of morpholine rings is 1. The van der Waals surface area contributed by atoms with Crippen LogP contribution in [0.5, 0.6) is 0 Å². The Kier molecular flexibility index (Phi) is 3.87. The van der Waals surface area contributed by atoms with Gasteiger partial charge in [-0.05, 0) is 61.6 Å². The zero-order valence-electron chi connectivity index (χ0n) is 14.0. The predicted octanol–water partition coefficient (Wildman–Crippen LogP) is 4.30. The van der Waals surface area contributed by atoms with E-state index in [0.29, 0.717) is 5.41 Å². The smallest absolute Gasteiger partial charge is 0.0957 e. The van der Waals surface area contributed by atoms with E-state index in [2.05, 4.69) is 51.2 Å². The van der Waals surface area contributed by atoms with Crippen LogP contribution in [0, 0.1) is 19.3 Å². The van der Waals surface area contributed by atoms with Crippen LogP contribution in [0.25, 0.3) is 0 Å². The van der Waals surface area contributed by atoms with Gasteiger partial charge in [-0.15, -0.1) is 0 Å². The summed E-state index contributed by atoms with van der Waals surface area (Å²) in [5.41, 5.74) is 4.60. The van der Waals surface area contributed by atoms with Crippen molar-refractivity contribution in [1.29, 1.82) is 0 Å². The number of nitrogens with one attached hydrogen (secondary N) is 1. The third-order valence-corrected chi connectivity index (χ3v) is 5.59. The molecular formula is C19H29NO. The van der Waals surface area contributed by atoms with Crippen LogP contribution in [0.3, 0.4) is 0 Å². The maximum atomic E-state index is 6.63. The minimum absolute atomic E-state index is 0.0667. The monoisotopic (exact) mass is 287 g/mol. The summed E-state index contributed by atoms with van der Waals surface area (Å²) in [6.07, 6.45) is 5.13. The van der Waals surface area contributed by atoms with Crippen LogP contribution in [-0.2, 0) is 4.74 Å². The maximum absolute atomic E-state index is 6.63. The average Bonchev–Trinajstić information content (AvgIpc) is 2.46. The molecule has 2 nitrogen and oxygen atoms in total. The molecule has 1 saturated heterocycles.